The summed E-state index contributed by atoms with van der Waals surface area (Å²) in [5.41, 5.74) is 6.60. The normalized spacial score (nSPS) is 14.6. The van der Waals surface area contributed by atoms with Gasteiger partial charge in [-0.15, -0.1) is 0 Å². The highest BCUT2D eigenvalue weighted by Gasteiger charge is 2.37. The van der Waals surface area contributed by atoms with Crippen molar-refractivity contribution in [2.75, 3.05) is 6.61 Å². The minimum Gasteiger partial charge on any atom is -0.391 e. The molecule has 2 atom stereocenters. The van der Waals surface area contributed by atoms with Gasteiger partial charge in [-0.1, -0.05) is 35.4 Å². The number of benzene rings is 2. The molecule has 0 heterocycles. The Labute approximate surface area is 168 Å². The SMILES string of the molecule is Cc1cc(C)c(CP(=O)(OCC(C)O)C(=O)c2c(C)cc(C)cc2C)c(C)c1. The van der Waals surface area contributed by atoms with E-state index in [4.69, 9.17) is 4.52 Å². The van der Waals surface area contributed by atoms with Crippen molar-refractivity contribution in [3.8, 4) is 0 Å². The van der Waals surface area contributed by atoms with E-state index in [1.165, 1.54) is 0 Å². The average molecular weight is 402 g/mol. The average Bonchev–Trinajstić information content (AvgIpc) is 2.55. The summed E-state index contributed by atoms with van der Waals surface area (Å²) in [4.78, 5) is 13.5. The second kappa shape index (κ2) is 8.73. The maximum absolute atomic E-state index is 13.9. The molecule has 152 valence electrons. The zero-order valence-electron chi connectivity index (χ0n) is 17.9. The van der Waals surface area contributed by atoms with Crippen molar-refractivity contribution < 1.29 is 19.0 Å². The number of aliphatic hydroxyl groups excluding tert-OH is 1. The number of rotatable bonds is 7. The highest BCUT2D eigenvalue weighted by atomic mass is 31.2. The Bertz CT molecular complexity index is 898. The molecule has 0 amide bonds. The first-order chi connectivity index (χ1) is 12.9. The fourth-order valence-electron chi connectivity index (χ4n) is 3.76. The Balaban J connectivity index is 2.56. The van der Waals surface area contributed by atoms with E-state index in [2.05, 4.69) is 0 Å². The summed E-state index contributed by atoms with van der Waals surface area (Å²) in [6.07, 6.45) is -0.773. The first-order valence-corrected chi connectivity index (χ1v) is 11.4. The number of carbonyl (C=O) groups is 1. The molecule has 0 fully saturated rings. The molecule has 0 aliphatic rings. The van der Waals surface area contributed by atoms with Crippen molar-refractivity contribution >= 4 is 12.9 Å². The summed E-state index contributed by atoms with van der Waals surface area (Å²) in [6.45, 7) is 13.0. The van der Waals surface area contributed by atoms with Crippen molar-refractivity contribution in [1.82, 2.24) is 0 Å². The van der Waals surface area contributed by atoms with Crippen molar-refractivity contribution in [2.24, 2.45) is 0 Å². The van der Waals surface area contributed by atoms with Crippen LogP contribution in [-0.2, 0) is 15.3 Å². The van der Waals surface area contributed by atoms with Gasteiger partial charge in [0, 0.05) is 5.56 Å². The fraction of sp³-hybridized carbons (Fsp3) is 0.435. The third-order valence-corrected chi connectivity index (χ3v) is 7.07. The van der Waals surface area contributed by atoms with E-state index in [1.54, 1.807) is 6.92 Å². The second-order valence-electron chi connectivity index (χ2n) is 7.93. The van der Waals surface area contributed by atoms with Crippen LogP contribution >= 0.6 is 7.37 Å². The topological polar surface area (TPSA) is 63.6 Å². The predicted molar refractivity (Wildman–Crippen MR) is 115 cm³/mol. The smallest absolute Gasteiger partial charge is 0.275 e. The van der Waals surface area contributed by atoms with Gasteiger partial charge >= 0.3 is 0 Å². The molecule has 2 unspecified atom stereocenters. The summed E-state index contributed by atoms with van der Waals surface area (Å²) in [6, 6.07) is 7.88. The molecule has 0 bridgehead atoms. The molecule has 0 saturated heterocycles. The molecule has 0 aliphatic heterocycles. The van der Waals surface area contributed by atoms with Gasteiger partial charge in [-0.05, 0) is 76.3 Å². The molecule has 2 aromatic carbocycles. The summed E-state index contributed by atoms with van der Waals surface area (Å²) in [7, 11) is -3.74. The Kier molecular flexibility index (Phi) is 7.03. The van der Waals surface area contributed by atoms with Gasteiger partial charge < -0.3 is 9.63 Å². The lowest BCUT2D eigenvalue weighted by molar-refractivity contribution is 0.0997. The molecule has 4 nitrogen and oxygen atoms in total. The maximum atomic E-state index is 13.9. The molecule has 0 saturated carbocycles. The monoisotopic (exact) mass is 402 g/mol. The first kappa shape index (κ1) is 22.5. The zero-order valence-corrected chi connectivity index (χ0v) is 18.8. The molecule has 2 rings (SSSR count). The zero-order chi connectivity index (χ0) is 21.2. The van der Waals surface area contributed by atoms with Gasteiger partial charge in [-0.3, -0.25) is 9.36 Å². The summed E-state index contributed by atoms with van der Waals surface area (Å²) >= 11 is 0. The molecule has 0 radical (unpaired) electrons. The van der Waals surface area contributed by atoms with Crippen LogP contribution in [0.3, 0.4) is 0 Å². The van der Waals surface area contributed by atoms with Crippen molar-refractivity contribution in [3.05, 3.63) is 68.8 Å². The number of aryl methyl sites for hydroxylation is 6. The third kappa shape index (κ3) is 5.00. The van der Waals surface area contributed by atoms with Gasteiger partial charge in [0.2, 0.25) is 5.52 Å². The molecule has 28 heavy (non-hydrogen) atoms. The van der Waals surface area contributed by atoms with Crippen LogP contribution in [0, 0.1) is 41.5 Å². The summed E-state index contributed by atoms with van der Waals surface area (Å²) in [5.74, 6) is 0. The van der Waals surface area contributed by atoms with Crippen LogP contribution in [0.5, 0.6) is 0 Å². The van der Waals surface area contributed by atoms with E-state index in [1.807, 2.05) is 65.8 Å². The van der Waals surface area contributed by atoms with Crippen LogP contribution in [0.25, 0.3) is 0 Å². The number of hydrogen-bond donors (Lipinski definition) is 1. The van der Waals surface area contributed by atoms with Crippen LogP contribution in [0.1, 0.15) is 56.2 Å². The third-order valence-electron chi connectivity index (χ3n) is 4.93. The predicted octanol–water partition coefficient (Wildman–Crippen LogP) is 5.55. The Morgan fingerprint density at radius 2 is 1.36 bits per heavy atom. The highest BCUT2D eigenvalue weighted by Crippen LogP contribution is 2.54. The van der Waals surface area contributed by atoms with E-state index in [9.17, 15) is 14.5 Å². The number of carbonyl (C=O) groups excluding carboxylic acids is 1. The van der Waals surface area contributed by atoms with Gasteiger partial charge in [0.05, 0.1) is 18.9 Å². The summed E-state index contributed by atoms with van der Waals surface area (Å²) < 4.78 is 19.5. The van der Waals surface area contributed by atoms with E-state index >= 15 is 0 Å². The molecule has 0 aromatic heterocycles. The van der Waals surface area contributed by atoms with Gasteiger partial charge in [0.1, 0.15) is 0 Å². The fourth-order valence-corrected chi connectivity index (χ4v) is 6.18. The van der Waals surface area contributed by atoms with Crippen LogP contribution < -0.4 is 0 Å². The minimum atomic E-state index is -3.74. The summed E-state index contributed by atoms with van der Waals surface area (Å²) in [5, 5.41) is 9.67. The van der Waals surface area contributed by atoms with E-state index in [0.717, 1.165) is 38.9 Å². The largest absolute Gasteiger partial charge is 0.391 e. The van der Waals surface area contributed by atoms with Gasteiger partial charge in [0.25, 0.3) is 7.37 Å². The molecule has 1 N–H and O–H groups in total. The van der Waals surface area contributed by atoms with Crippen LogP contribution in [-0.4, -0.2) is 23.3 Å². The Morgan fingerprint density at radius 3 is 1.79 bits per heavy atom. The van der Waals surface area contributed by atoms with E-state index in [0.29, 0.717) is 5.56 Å². The van der Waals surface area contributed by atoms with E-state index in [-0.39, 0.29) is 12.8 Å². The van der Waals surface area contributed by atoms with E-state index < -0.39 is 19.0 Å². The van der Waals surface area contributed by atoms with Gasteiger partial charge in [-0.25, -0.2) is 0 Å². The second-order valence-corrected chi connectivity index (χ2v) is 10.3. The number of hydrogen-bond acceptors (Lipinski definition) is 4. The highest BCUT2D eigenvalue weighted by molar-refractivity contribution is 7.76. The molecule has 0 spiro atoms. The standard InChI is InChI=1S/C23H31O4P/c1-14-8-16(3)21(17(4)9-14)13-28(26,27-12-20(7)24)23(25)22-18(5)10-15(2)11-19(22)6/h8-11,20,24H,12-13H2,1-7H3. The molecule has 2 aromatic rings. The minimum absolute atomic E-state index is 0.0310. The van der Waals surface area contributed by atoms with Gasteiger partial charge in [-0.2, -0.15) is 0 Å². The van der Waals surface area contributed by atoms with Crippen molar-refractivity contribution in [2.45, 2.75) is 60.7 Å². The lowest BCUT2D eigenvalue weighted by atomic mass is 10.0. The lowest BCUT2D eigenvalue weighted by Crippen LogP contribution is -2.16. The van der Waals surface area contributed by atoms with Crippen LogP contribution in [0.15, 0.2) is 24.3 Å². The lowest BCUT2D eigenvalue weighted by Gasteiger charge is -2.22. The maximum Gasteiger partial charge on any atom is 0.275 e. The molecule has 5 heteroatoms. The van der Waals surface area contributed by atoms with Crippen LogP contribution in [0.4, 0.5) is 0 Å². The quantitative estimate of drug-likeness (QED) is 0.617. The first-order valence-electron chi connectivity index (χ1n) is 9.55. The Hall–Kier alpha value is -1.74. The van der Waals surface area contributed by atoms with Crippen LogP contribution in [0.2, 0.25) is 0 Å². The van der Waals surface area contributed by atoms with Gasteiger partial charge in [0.15, 0.2) is 0 Å². The molecular weight excluding hydrogens is 371 g/mol. The molecular formula is C23H31O4P. The Morgan fingerprint density at radius 1 is 0.929 bits per heavy atom. The number of aliphatic hydroxyl groups is 1. The molecule has 0 aliphatic carbocycles. The van der Waals surface area contributed by atoms with Crippen molar-refractivity contribution in [3.63, 3.8) is 0 Å². The van der Waals surface area contributed by atoms with Crippen molar-refractivity contribution in [1.29, 1.82) is 0 Å².